The van der Waals surface area contributed by atoms with Crippen molar-refractivity contribution < 1.29 is 26.8 Å². The van der Waals surface area contributed by atoms with Gasteiger partial charge in [0.15, 0.2) is 11.3 Å². The van der Waals surface area contributed by atoms with E-state index in [1.54, 1.807) is 37.4 Å². The van der Waals surface area contributed by atoms with E-state index in [1.807, 2.05) is 0 Å². The monoisotopic (exact) mass is 454 g/mol. The van der Waals surface area contributed by atoms with Crippen LogP contribution in [-0.2, 0) is 16.4 Å². The summed E-state index contributed by atoms with van der Waals surface area (Å²) in [6.07, 6.45) is 3.13. The second-order valence-electron chi connectivity index (χ2n) is 6.85. The van der Waals surface area contributed by atoms with Gasteiger partial charge in [0.25, 0.3) is 5.91 Å². The summed E-state index contributed by atoms with van der Waals surface area (Å²) < 4.78 is 51.1. The van der Waals surface area contributed by atoms with Crippen LogP contribution < -0.4 is 10.1 Å². The number of hydrogen-bond donors (Lipinski definition) is 1. The summed E-state index contributed by atoms with van der Waals surface area (Å²) in [6, 6.07) is 13.1. The van der Waals surface area contributed by atoms with E-state index in [0.717, 1.165) is 11.5 Å². The number of furan rings is 1. The number of ether oxygens (including phenoxy) is 1. The van der Waals surface area contributed by atoms with Crippen LogP contribution in [0.2, 0.25) is 0 Å². The van der Waals surface area contributed by atoms with Gasteiger partial charge in [-0.1, -0.05) is 18.2 Å². The lowest BCUT2D eigenvalue weighted by Crippen LogP contribution is -2.22. The van der Waals surface area contributed by atoms with E-state index in [-0.39, 0.29) is 29.6 Å². The van der Waals surface area contributed by atoms with Crippen molar-refractivity contribution in [1.82, 2.24) is 10.3 Å². The standard InChI is InChI=1S/C23H19FN2O5S/c1-2-30-19-5-3-4-18(24)22(19)32(28,29)17-8-6-15(7-9-17)13-26-23(27)20-12-16-10-11-25-14-21(16)31-20/h3-12,14H,2,13H2,1H3,(H,26,27). The number of hydrogen-bond acceptors (Lipinski definition) is 6. The maximum Gasteiger partial charge on any atom is 0.287 e. The molecular weight excluding hydrogens is 435 g/mol. The molecule has 0 aliphatic heterocycles. The molecule has 4 rings (SSSR count). The molecule has 0 spiro atoms. The minimum absolute atomic E-state index is 0.0372. The third kappa shape index (κ3) is 4.19. The van der Waals surface area contributed by atoms with Crippen LogP contribution >= 0.6 is 0 Å². The van der Waals surface area contributed by atoms with Gasteiger partial charge in [-0.25, -0.2) is 12.8 Å². The molecule has 0 unspecified atom stereocenters. The third-order valence-electron chi connectivity index (χ3n) is 4.73. The summed E-state index contributed by atoms with van der Waals surface area (Å²) in [6.45, 7) is 2.04. The van der Waals surface area contributed by atoms with E-state index in [2.05, 4.69) is 10.3 Å². The summed E-state index contributed by atoms with van der Waals surface area (Å²) in [5.74, 6) is -1.18. The Balaban J connectivity index is 1.50. The Morgan fingerprint density at radius 3 is 2.66 bits per heavy atom. The number of carbonyl (C=O) groups is 1. The summed E-state index contributed by atoms with van der Waals surface area (Å²) in [7, 11) is -4.14. The number of sulfone groups is 1. The lowest BCUT2D eigenvalue weighted by molar-refractivity contribution is 0.0925. The number of fused-ring (bicyclic) bond motifs is 1. The van der Waals surface area contributed by atoms with Gasteiger partial charge in [0.1, 0.15) is 16.5 Å². The van der Waals surface area contributed by atoms with Crippen molar-refractivity contribution in [2.24, 2.45) is 0 Å². The zero-order chi connectivity index (χ0) is 22.7. The average Bonchev–Trinajstić information content (AvgIpc) is 3.22. The molecule has 164 valence electrons. The zero-order valence-corrected chi connectivity index (χ0v) is 17.9. The Labute approximate surface area is 183 Å². The van der Waals surface area contributed by atoms with Gasteiger partial charge >= 0.3 is 0 Å². The number of aromatic nitrogens is 1. The SMILES string of the molecule is CCOc1cccc(F)c1S(=O)(=O)c1ccc(CNC(=O)c2cc3ccncc3o2)cc1. The smallest absolute Gasteiger partial charge is 0.287 e. The Kier molecular flexibility index (Phi) is 5.91. The van der Waals surface area contributed by atoms with Crippen molar-refractivity contribution in [1.29, 1.82) is 0 Å². The normalized spacial score (nSPS) is 11.4. The summed E-state index contributed by atoms with van der Waals surface area (Å²) in [5, 5.41) is 3.48. The van der Waals surface area contributed by atoms with Gasteiger partial charge in [-0.15, -0.1) is 0 Å². The Bertz CT molecular complexity index is 1350. The van der Waals surface area contributed by atoms with Gasteiger partial charge in [0, 0.05) is 18.1 Å². The first kappa shape index (κ1) is 21.5. The maximum atomic E-state index is 14.4. The summed E-state index contributed by atoms with van der Waals surface area (Å²) in [4.78, 5) is 15.7. The molecule has 0 aliphatic carbocycles. The quantitative estimate of drug-likeness (QED) is 0.451. The lowest BCUT2D eigenvalue weighted by Gasteiger charge is -2.12. The number of amides is 1. The van der Waals surface area contributed by atoms with Crippen LogP contribution in [-0.4, -0.2) is 25.9 Å². The third-order valence-corrected chi connectivity index (χ3v) is 6.56. The first-order valence-electron chi connectivity index (χ1n) is 9.77. The predicted molar refractivity (Wildman–Crippen MR) is 115 cm³/mol. The number of carbonyl (C=O) groups excluding carboxylic acids is 1. The van der Waals surface area contributed by atoms with Gasteiger partial charge in [0.2, 0.25) is 9.84 Å². The largest absolute Gasteiger partial charge is 0.492 e. The second-order valence-corrected chi connectivity index (χ2v) is 8.74. The highest BCUT2D eigenvalue weighted by Gasteiger charge is 2.26. The molecule has 32 heavy (non-hydrogen) atoms. The highest BCUT2D eigenvalue weighted by Crippen LogP contribution is 2.32. The maximum absolute atomic E-state index is 14.4. The molecule has 0 bridgehead atoms. The molecule has 1 amide bonds. The summed E-state index contributed by atoms with van der Waals surface area (Å²) >= 11 is 0. The Hall–Kier alpha value is -3.72. The molecule has 0 fully saturated rings. The van der Waals surface area contributed by atoms with E-state index in [0.29, 0.717) is 11.1 Å². The van der Waals surface area contributed by atoms with Crippen molar-refractivity contribution in [2.75, 3.05) is 6.61 Å². The molecule has 0 atom stereocenters. The fourth-order valence-electron chi connectivity index (χ4n) is 3.19. The van der Waals surface area contributed by atoms with Gasteiger partial charge < -0.3 is 14.5 Å². The Morgan fingerprint density at radius 1 is 1.16 bits per heavy atom. The molecular formula is C23H19FN2O5S. The molecule has 7 nitrogen and oxygen atoms in total. The molecule has 0 radical (unpaired) electrons. The highest BCUT2D eigenvalue weighted by atomic mass is 32.2. The van der Waals surface area contributed by atoms with Crippen molar-refractivity contribution >= 4 is 26.7 Å². The number of halogens is 1. The van der Waals surface area contributed by atoms with Crippen LogP contribution in [0.25, 0.3) is 11.0 Å². The number of nitrogens with one attached hydrogen (secondary N) is 1. The topological polar surface area (TPSA) is 98.5 Å². The second kappa shape index (κ2) is 8.80. The van der Waals surface area contributed by atoms with Crippen molar-refractivity contribution in [3.63, 3.8) is 0 Å². The van der Waals surface area contributed by atoms with E-state index in [9.17, 15) is 17.6 Å². The van der Waals surface area contributed by atoms with E-state index < -0.39 is 26.5 Å². The first-order chi connectivity index (χ1) is 15.4. The summed E-state index contributed by atoms with van der Waals surface area (Å²) in [5.41, 5.74) is 1.17. The molecule has 0 saturated carbocycles. The van der Waals surface area contributed by atoms with Crippen molar-refractivity contribution in [3.8, 4) is 5.75 Å². The molecule has 2 aromatic heterocycles. The zero-order valence-electron chi connectivity index (χ0n) is 17.0. The Morgan fingerprint density at radius 2 is 1.94 bits per heavy atom. The van der Waals surface area contributed by atoms with Crippen LogP contribution in [0.15, 0.2) is 81.2 Å². The van der Waals surface area contributed by atoms with Crippen LogP contribution in [0.3, 0.4) is 0 Å². The van der Waals surface area contributed by atoms with Crippen LogP contribution in [0.4, 0.5) is 4.39 Å². The van der Waals surface area contributed by atoms with E-state index >= 15 is 0 Å². The van der Waals surface area contributed by atoms with Gasteiger partial charge in [-0.2, -0.15) is 0 Å². The molecule has 0 saturated heterocycles. The number of benzene rings is 2. The molecule has 1 N–H and O–H groups in total. The average molecular weight is 454 g/mol. The number of pyridine rings is 1. The molecule has 0 aliphatic rings. The fraction of sp³-hybridized carbons (Fsp3) is 0.130. The predicted octanol–water partition coefficient (Wildman–Crippen LogP) is 4.13. The molecule has 4 aromatic rings. The minimum Gasteiger partial charge on any atom is -0.492 e. The number of nitrogens with zero attached hydrogens (tertiary/aromatic N) is 1. The van der Waals surface area contributed by atoms with E-state index in [1.165, 1.54) is 30.5 Å². The molecule has 9 heteroatoms. The van der Waals surface area contributed by atoms with Crippen LogP contribution in [0.1, 0.15) is 23.0 Å². The van der Waals surface area contributed by atoms with Crippen molar-refractivity contribution in [2.45, 2.75) is 23.3 Å². The first-order valence-corrected chi connectivity index (χ1v) is 11.3. The molecule has 2 heterocycles. The lowest BCUT2D eigenvalue weighted by atomic mass is 10.2. The van der Waals surface area contributed by atoms with Crippen molar-refractivity contribution in [3.05, 3.63) is 84.1 Å². The van der Waals surface area contributed by atoms with E-state index in [4.69, 9.17) is 9.15 Å². The van der Waals surface area contributed by atoms with Gasteiger partial charge in [-0.05, 0) is 48.9 Å². The van der Waals surface area contributed by atoms with Crippen LogP contribution in [0, 0.1) is 5.82 Å². The van der Waals surface area contributed by atoms with Gasteiger partial charge in [-0.3, -0.25) is 9.78 Å². The highest BCUT2D eigenvalue weighted by molar-refractivity contribution is 7.91. The number of rotatable bonds is 7. The van der Waals surface area contributed by atoms with Crippen LogP contribution in [0.5, 0.6) is 5.75 Å². The van der Waals surface area contributed by atoms with Gasteiger partial charge in [0.05, 0.1) is 17.7 Å². The minimum atomic E-state index is -4.14. The fourth-order valence-corrected chi connectivity index (χ4v) is 4.64. The molecule has 2 aromatic carbocycles.